The van der Waals surface area contributed by atoms with E-state index in [0.717, 1.165) is 11.1 Å². The fourth-order valence-corrected chi connectivity index (χ4v) is 3.12. The maximum atomic E-state index is 13.7. The molecule has 0 saturated heterocycles. The average molecular weight is 361 g/mol. The number of hydrogen-bond acceptors (Lipinski definition) is 5. The van der Waals surface area contributed by atoms with Crippen molar-refractivity contribution < 1.29 is 23.5 Å². The molecule has 0 aromatic heterocycles. The van der Waals surface area contributed by atoms with Crippen LogP contribution in [0, 0.1) is 6.92 Å². The first-order chi connectivity index (χ1) is 12.3. The van der Waals surface area contributed by atoms with Crippen molar-refractivity contribution in [2.24, 2.45) is 0 Å². The molecule has 1 N–H and O–H groups in total. The third kappa shape index (κ3) is 3.79. The van der Waals surface area contributed by atoms with Gasteiger partial charge in [0.05, 0.1) is 36.0 Å². The SMILES string of the molecule is COC(=O)C1=C(CF)NC(C)=C(C(=O)OC(C)C)C1c1ccccc1C. The Balaban J connectivity index is 2.72. The Morgan fingerprint density at radius 3 is 2.35 bits per heavy atom. The highest BCUT2D eigenvalue weighted by atomic mass is 19.1. The summed E-state index contributed by atoms with van der Waals surface area (Å²) in [7, 11) is 1.23. The molecule has 140 valence electrons. The average Bonchev–Trinajstić information content (AvgIpc) is 2.59. The zero-order valence-electron chi connectivity index (χ0n) is 15.7. The van der Waals surface area contributed by atoms with Crippen molar-refractivity contribution in [3.63, 3.8) is 0 Å². The van der Waals surface area contributed by atoms with Gasteiger partial charge in [-0.25, -0.2) is 14.0 Å². The van der Waals surface area contributed by atoms with Gasteiger partial charge in [-0.3, -0.25) is 0 Å². The molecule has 0 saturated carbocycles. The Labute approximate surface area is 152 Å². The van der Waals surface area contributed by atoms with Gasteiger partial charge in [-0.1, -0.05) is 24.3 Å². The molecule has 0 fully saturated rings. The number of benzene rings is 1. The third-order valence-electron chi connectivity index (χ3n) is 4.25. The standard InChI is InChI=1S/C20H24FNO4/c1-11(2)26-20(24)16-13(4)22-15(10-21)18(19(23)25-5)17(16)14-9-7-6-8-12(14)3/h6-9,11,17,22H,10H2,1-5H3. The highest BCUT2D eigenvalue weighted by molar-refractivity contribution is 6.00. The summed E-state index contributed by atoms with van der Waals surface area (Å²) in [5, 5.41) is 2.84. The number of carbonyl (C=O) groups excluding carboxylic acids is 2. The fourth-order valence-electron chi connectivity index (χ4n) is 3.12. The molecule has 6 heteroatoms. The van der Waals surface area contributed by atoms with Crippen LogP contribution in [0.3, 0.4) is 0 Å². The lowest BCUT2D eigenvalue weighted by Gasteiger charge is -2.31. The number of ether oxygens (including phenoxy) is 2. The minimum atomic E-state index is -0.878. The molecule has 0 radical (unpaired) electrons. The van der Waals surface area contributed by atoms with Gasteiger partial charge in [0.15, 0.2) is 0 Å². The molecule has 0 bridgehead atoms. The number of nitrogens with one attached hydrogen (secondary N) is 1. The van der Waals surface area contributed by atoms with Gasteiger partial charge in [0, 0.05) is 5.70 Å². The van der Waals surface area contributed by atoms with E-state index in [1.54, 1.807) is 20.8 Å². The van der Waals surface area contributed by atoms with E-state index in [1.165, 1.54) is 7.11 Å². The van der Waals surface area contributed by atoms with Crippen LogP contribution < -0.4 is 5.32 Å². The second-order valence-electron chi connectivity index (χ2n) is 6.42. The molecule has 0 amide bonds. The van der Waals surface area contributed by atoms with Crippen molar-refractivity contribution in [3.8, 4) is 0 Å². The van der Waals surface area contributed by atoms with Crippen molar-refractivity contribution in [2.45, 2.75) is 39.7 Å². The van der Waals surface area contributed by atoms with Crippen molar-refractivity contribution in [1.29, 1.82) is 0 Å². The van der Waals surface area contributed by atoms with Crippen molar-refractivity contribution >= 4 is 11.9 Å². The summed E-state index contributed by atoms with van der Waals surface area (Å²) in [6.45, 7) is 6.17. The maximum Gasteiger partial charge on any atom is 0.337 e. The van der Waals surface area contributed by atoms with Gasteiger partial charge in [0.2, 0.25) is 0 Å². The van der Waals surface area contributed by atoms with E-state index in [2.05, 4.69) is 5.32 Å². The molecule has 1 aliphatic rings. The first-order valence-electron chi connectivity index (χ1n) is 8.43. The monoisotopic (exact) mass is 361 g/mol. The first-order valence-corrected chi connectivity index (χ1v) is 8.43. The molecule has 1 aliphatic heterocycles. The van der Waals surface area contributed by atoms with E-state index < -0.39 is 24.5 Å². The number of halogens is 1. The van der Waals surface area contributed by atoms with Gasteiger partial charge in [-0.15, -0.1) is 0 Å². The molecule has 1 heterocycles. The number of dihydropyridines is 1. The lowest BCUT2D eigenvalue weighted by atomic mass is 9.78. The predicted octanol–water partition coefficient (Wildman–Crippen LogP) is 3.30. The number of hydrogen-bond donors (Lipinski definition) is 1. The molecule has 26 heavy (non-hydrogen) atoms. The molecule has 0 aliphatic carbocycles. The van der Waals surface area contributed by atoms with Crippen LogP contribution in [-0.2, 0) is 19.1 Å². The molecule has 2 rings (SSSR count). The van der Waals surface area contributed by atoms with E-state index in [4.69, 9.17) is 9.47 Å². The summed E-state index contributed by atoms with van der Waals surface area (Å²) in [5.41, 5.74) is 2.54. The highest BCUT2D eigenvalue weighted by Gasteiger charge is 2.39. The molecule has 1 aromatic rings. The maximum absolute atomic E-state index is 13.7. The van der Waals surface area contributed by atoms with Crippen molar-refractivity contribution in [2.75, 3.05) is 13.8 Å². The van der Waals surface area contributed by atoms with Crippen LogP contribution in [0.25, 0.3) is 0 Å². The van der Waals surface area contributed by atoms with E-state index in [1.807, 2.05) is 31.2 Å². The number of alkyl halides is 1. The zero-order valence-corrected chi connectivity index (χ0v) is 15.7. The van der Waals surface area contributed by atoms with Crippen LogP contribution in [-0.4, -0.2) is 31.8 Å². The van der Waals surface area contributed by atoms with E-state index in [0.29, 0.717) is 5.70 Å². The summed E-state index contributed by atoms with van der Waals surface area (Å²) in [4.78, 5) is 25.2. The lowest BCUT2D eigenvalue weighted by molar-refractivity contribution is -0.143. The number of methoxy groups -OCH3 is 1. The Kier molecular flexibility index (Phi) is 6.18. The van der Waals surface area contributed by atoms with Gasteiger partial charge < -0.3 is 14.8 Å². The lowest BCUT2D eigenvalue weighted by Crippen LogP contribution is -2.34. The van der Waals surface area contributed by atoms with E-state index in [9.17, 15) is 14.0 Å². The molecule has 1 atom stereocenters. The van der Waals surface area contributed by atoms with E-state index in [-0.39, 0.29) is 22.9 Å². The largest absolute Gasteiger partial charge is 0.466 e. The molecule has 1 unspecified atom stereocenters. The molecular weight excluding hydrogens is 337 g/mol. The Bertz CT molecular complexity index is 780. The Morgan fingerprint density at radius 1 is 1.15 bits per heavy atom. The number of rotatable bonds is 5. The van der Waals surface area contributed by atoms with E-state index >= 15 is 0 Å². The topological polar surface area (TPSA) is 64.6 Å². The normalized spacial score (nSPS) is 17.3. The summed E-state index contributed by atoms with van der Waals surface area (Å²) in [5.74, 6) is -1.99. The number of esters is 2. The summed E-state index contributed by atoms with van der Waals surface area (Å²) < 4.78 is 23.9. The van der Waals surface area contributed by atoms with Gasteiger partial charge in [-0.2, -0.15) is 0 Å². The fraction of sp³-hybridized carbons (Fsp3) is 0.400. The van der Waals surface area contributed by atoms with Gasteiger partial charge in [0.1, 0.15) is 6.67 Å². The molecule has 0 spiro atoms. The van der Waals surface area contributed by atoms with Crippen molar-refractivity contribution in [1.82, 2.24) is 5.32 Å². The number of carbonyl (C=O) groups is 2. The number of allylic oxidation sites excluding steroid dienone is 2. The quantitative estimate of drug-likeness (QED) is 0.815. The van der Waals surface area contributed by atoms with Gasteiger partial charge in [-0.05, 0) is 38.8 Å². The van der Waals surface area contributed by atoms with Crippen LogP contribution in [0.1, 0.15) is 37.8 Å². The predicted molar refractivity (Wildman–Crippen MR) is 96.0 cm³/mol. The van der Waals surface area contributed by atoms with Gasteiger partial charge in [0.25, 0.3) is 0 Å². The molecular formula is C20H24FNO4. The Morgan fingerprint density at radius 2 is 1.81 bits per heavy atom. The first kappa shape index (κ1) is 19.7. The molecule has 1 aromatic carbocycles. The number of aryl methyl sites for hydroxylation is 1. The van der Waals surface area contributed by atoms with Gasteiger partial charge >= 0.3 is 11.9 Å². The Hall–Kier alpha value is -2.63. The third-order valence-corrected chi connectivity index (χ3v) is 4.25. The summed E-state index contributed by atoms with van der Waals surface area (Å²) >= 11 is 0. The van der Waals surface area contributed by atoms with Crippen molar-refractivity contribution in [3.05, 3.63) is 57.9 Å². The van der Waals surface area contributed by atoms with Crippen LogP contribution in [0.15, 0.2) is 46.8 Å². The highest BCUT2D eigenvalue weighted by Crippen LogP contribution is 2.40. The second kappa shape index (κ2) is 8.17. The zero-order chi connectivity index (χ0) is 19.4. The van der Waals surface area contributed by atoms with Crippen LogP contribution in [0.4, 0.5) is 4.39 Å². The molecule has 5 nitrogen and oxygen atoms in total. The smallest absolute Gasteiger partial charge is 0.337 e. The summed E-state index contributed by atoms with van der Waals surface area (Å²) in [6.07, 6.45) is -0.326. The van der Waals surface area contributed by atoms with Crippen LogP contribution in [0.2, 0.25) is 0 Å². The minimum absolute atomic E-state index is 0.0885. The van der Waals surface area contributed by atoms with Crippen LogP contribution >= 0.6 is 0 Å². The summed E-state index contributed by atoms with van der Waals surface area (Å²) in [6, 6.07) is 7.37. The van der Waals surface area contributed by atoms with Crippen LogP contribution in [0.5, 0.6) is 0 Å². The second-order valence-corrected chi connectivity index (χ2v) is 6.42. The minimum Gasteiger partial charge on any atom is -0.466 e.